The molecule has 1 fully saturated rings. The van der Waals surface area contributed by atoms with Crippen molar-refractivity contribution in [1.29, 1.82) is 0 Å². The van der Waals surface area contributed by atoms with Gasteiger partial charge in [0.05, 0.1) is 19.9 Å². The predicted molar refractivity (Wildman–Crippen MR) is 107 cm³/mol. The van der Waals surface area contributed by atoms with E-state index in [9.17, 15) is 14.9 Å². The molecule has 1 atom stereocenters. The summed E-state index contributed by atoms with van der Waals surface area (Å²) in [6.07, 6.45) is 4.18. The summed E-state index contributed by atoms with van der Waals surface area (Å²) in [5.41, 5.74) is 0.806. The Balaban J connectivity index is 2.20. The van der Waals surface area contributed by atoms with E-state index in [0.29, 0.717) is 24.7 Å². The molecule has 1 aliphatic heterocycles. The number of guanidine groups is 1. The summed E-state index contributed by atoms with van der Waals surface area (Å²) in [5.74, 6) is 0.613. The van der Waals surface area contributed by atoms with Crippen LogP contribution >= 0.6 is 23.4 Å². The fourth-order valence-corrected chi connectivity index (χ4v) is 3.34. The number of aromatic nitrogens is 1. The van der Waals surface area contributed by atoms with E-state index < -0.39 is 11.1 Å². The SMILES string of the molecule is CCOC(=O)[C@H](CCSC)N1CN/C(=N\[N+](=O)[O-])N(Cc2ccc(Cl)nc2)C1. The van der Waals surface area contributed by atoms with Crippen LogP contribution in [0.1, 0.15) is 18.9 Å². The molecule has 1 aliphatic rings. The van der Waals surface area contributed by atoms with E-state index in [0.717, 1.165) is 11.3 Å². The number of thioether (sulfide) groups is 1. The summed E-state index contributed by atoms with van der Waals surface area (Å²) in [6.45, 7) is 2.90. The molecule has 0 radical (unpaired) electrons. The Hall–Kier alpha value is -2.11. The van der Waals surface area contributed by atoms with Gasteiger partial charge in [0.2, 0.25) is 0 Å². The quantitative estimate of drug-likeness (QED) is 0.270. The third-order valence-corrected chi connectivity index (χ3v) is 4.89. The molecule has 2 rings (SSSR count). The minimum absolute atomic E-state index is 0.128. The highest BCUT2D eigenvalue weighted by Gasteiger charge is 2.33. The van der Waals surface area contributed by atoms with Gasteiger partial charge in [-0.05, 0) is 37.0 Å². The monoisotopic (exact) mass is 430 g/mol. The Labute approximate surface area is 172 Å². The second kappa shape index (κ2) is 11.0. The number of pyridine rings is 1. The average molecular weight is 431 g/mol. The Kier molecular flexibility index (Phi) is 8.74. The number of rotatable bonds is 9. The first-order valence-electron chi connectivity index (χ1n) is 8.66. The molecule has 1 aromatic rings. The highest BCUT2D eigenvalue weighted by Crippen LogP contribution is 2.16. The summed E-state index contributed by atoms with van der Waals surface area (Å²) in [5, 5.41) is 16.9. The zero-order valence-corrected chi connectivity index (χ0v) is 17.3. The molecule has 1 aromatic heterocycles. The fraction of sp³-hybridized carbons (Fsp3) is 0.562. The molecule has 1 N–H and O–H groups in total. The van der Waals surface area contributed by atoms with Crippen molar-refractivity contribution in [3.05, 3.63) is 39.2 Å². The maximum absolute atomic E-state index is 12.4. The van der Waals surface area contributed by atoms with Crippen LogP contribution in [0, 0.1) is 10.1 Å². The van der Waals surface area contributed by atoms with E-state index in [-0.39, 0.29) is 25.3 Å². The number of hydrogen-bond acceptors (Lipinski definition) is 7. The molecule has 154 valence electrons. The van der Waals surface area contributed by atoms with E-state index in [1.807, 2.05) is 11.2 Å². The van der Waals surface area contributed by atoms with Crippen LogP contribution in [-0.4, -0.2) is 69.7 Å². The van der Waals surface area contributed by atoms with Gasteiger partial charge in [-0.1, -0.05) is 17.7 Å². The molecular formula is C16H23ClN6O4S. The molecule has 12 heteroatoms. The first kappa shape index (κ1) is 22.2. The molecule has 0 spiro atoms. The standard InChI is InChI=1S/C16H23ClN6O4S/c1-3-27-15(24)13(6-7-28-2)22-10-19-16(20-23(25)26)21(11-22)9-12-4-5-14(17)18-8-12/h4-5,8,13H,3,6-7,9-11H2,1-2H3,(H,19,20)/t13-/m0/s1. The first-order valence-corrected chi connectivity index (χ1v) is 10.4. The van der Waals surface area contributed by atoms with Crippen LogP contribution in [0.4, 0.5) is 0 Å². The van der Waals surface area contributed by atoms with Gasteiger partial charge in [0.25, 0.3) is 5.96 Å². The third-order valence-electron chi connectivity index (χ3n) is 4.03. The molecule has 0 unspecified atom stereocenters. The number of hydrogen-bond donors (Lipinski definition) is 1. The van der Waals surface area contributed by atoms with Gasteiger partial charge in [0.1, 0.15) is 16.3 Å². The zero-order valence-electron chi connectivity index (χ0n) is 15.7. The number of nitrogens with one attached hydrogen (secondary N) is 1. The topological polar surface area (TPSA) is 113 Å². The number of carbonyl (C=O) groups excluding carboxylic acids is 1. The van der Waals surface area contributed by atoms with Crippen molar-refractivity contribution >= 4 is 35.3 Å². The van der Waals surface area contributed by atoms with Crippen LogP contribution in [-0.2, 0) is 16.1 Å². The summed E-state index contributed by atoms with van der Waals surface area (Å²) in [4.78, 5) is 30.9. The van der Waals surface area contributed by atoms with E-state index in [1.54, 1.807) is 41.9 Å². The van der Waals surface area contributed by atoms with Crippen molar-refractivity contribution in [2.45, 2.75) is 25.9 Å². The lowest BCUT2D eigenvalue weighted by molar-refractivity contribution is -0.486. The third kappa shape index (κ3) is 6.50. The average Bonchev–Trinajstić information content (AvgIpc) is 2.65. The van der Waals surface area contributed by atoms with Crippen molar-refractivity contribution < 1.29 is 14.6 Å². The lowest BCUT2D eigenvalue weighted by atomic mass is 10.2. The fourth-order valence-electron chi connectivity index (χ4n) is 2.77. The summed E-state index contributed by atoms with van der Waals surface area (Å²) in [7, 11) is 0. The molecule has 0 saturated carbocycles. The molecule has 2 heterocycles. The number of nitro groups is 1. The number of carbonyl (C=O) groups is 1. The number of halogens is 1. The highest BCUT2D eigenvalue weighted by atomic mass is 35.5. The highest BCUT2D eigenvalue weighted by molar-refractivity contribution is 7.98. The number of esters is 1. The lowest BCUT2D eigenvalue weighted by Gasteiger charge is -2.40. The Bertz CT molecular complexity index is 705. The van der Waals surface area contributed by atoms with Gasteiger partial charge in [0.15, 0.2) is 5.03 Å². The summed E-state index contributed by atoms with van der Waals surface area (Å²) >= 11 is 7.46. The molecular weight excluding hydrogens is 408 g/mol. The van der Waals surface area contributed by atoms with E-state index in [4.69, 9.17) is 16.3 Å². The summed E-state index contributed by atoms with van der Waals surface area (Å²) in [6, 6.07) is 2.98. The van der Waals surface area contributed by atoms with Gasteiger partial charge in [-0.3, -0.25) is 9.69 Å². The number of nitrogens with zero attached hydrogens (tertiary/aromatic N) is 5. The smallest absolute Gasteiger partial charge is 0.323 e. The second-order valence-corrected chi connectivity index (χ2v) is 7.34. The lowest BCUT2D eigenvalue weighted by Crippen LogP contribution is -2.61. The van der Waals surface area contributed by atoms with Gasteiger partial charge in [-0.25, -0.2) is 15.1 Å². The van der Waals surface area contributed by atoms with E-state index >= 15 is 0 Å². The predicted octanol–water partition coefficient (Wildman–Crippen LogP) is 1.59. The van der Waals surface area contributed by atoms with Crippen LogP contribution in [0.3, 0.4) is 0 Å². The van der Waals surface area contributed by atoms with Crippen LogP contribution in [0.15, 0.2) is 23.4 Å². The normalized spacial score (nSPS) is 17.2. The molecule has 0 bridgehead atoms. The van der Waals surface area contributed by atoms with Crippen molar-refractivity contribution in [1.82, 2.24) is 20.1 Å². The molecule has 28 heavy (non-hydrogen) atoms. The van der Waals surface area contributed by atoms with E-state index in [1.165, 1.54) is 0 Å². The minimum Gasteiger partial charge on any atom is -0.465 e. The summed E-state index contributed by atoms with van der Waals surface area (Å²) < 4.78 is 5.21. The minimum atomic E-state index is -0.748. The van der Waals surface area contributed by atoms with Gasteiger partial charge >= 0.3 is 5.97 Å². The van der Waals surface area contributed by atoms with Crippen molar-refractivity contribution in [3.8, 4) is 0 Å². The number of ether oxygens (including phenoxy) is 1. The maximum atomic E-state index is 12.4. The zero-order chi connectivity index (χ0) is 20.5. The second-order valence-electron chi connectivity index (χ2n) is 5.96. The van der Waals surface area contributed by atoms with Gasteiger partial charge in [0, 0.05) is 12.7 Å². The number of hydrazone groups is 1. The van der Waals surface area contributed by atoms with Crippen molar-refractivity contribution in [2.75, 3.05) is 32.0 Å². The molecule has 0 aromatic carbocycles. The Morgan fingerprint density at radius 3 is 2.96 bits per heavy atom. The molecule has 0 aliphatic carbocycles. The van der Waals surface area contributed by atoms with Gasteiger partial charge in [-0.2, -0.15) is 11.8 Å². The molecule has 1 saturated heterocycles. The largest absolute Gasteiger partial charge is 0.465 e. The van der Waals surface area contributed by atoms with Crippen LogP contribution in [0.5, 0.6) is 0 Å². The maximum Gasteiger partial charge on any atom is 0.323 e. The van der Waals surface area contributed by atoms with Crippen molar-refractivity contribution in [2.24, 2.45) is 5.10 Å². The van der Waals surface area contributed by atoms with E-state index in [2.05, 4.69) is 15.4 Å². The Morgan fingerprint density at radius 1 is 1.57 bits per heavy atom. The van der Waals surface area contributed by atoms with Crippen LogP contribution < -0.4 is 5.32 Å². The Morgan fingerprint density at radius 2 is 2.36 bits per heavy atom. The van der Waals surface area contributed by atoms with Crippen LogP contribution in [0.2, 0.25) is 5.15 Å². The van der Waals surface area contributed by atoms with Gasteiger partial charge < -0.3 is 15.0 Å². The molecule has 0 amide bonds. The van der Waals surface area contributed by atoms with Gasteiger partial charge in [-0.15, -0.1) is 0 Å². The molecule has 10 nitrogen and oxygen atoms in total. The first-order chi connectivity index (χ1) is 13.4. The van der Waals surface area contributed by atoms with Crippen molar-refractivity contribution in [3.63, 3.8) is 0 Å². The van der Waals surface area contributed by atoms with Crippen LogP contribution in [0.25, 0.3) is 0 Å².